The number of nitrogens with one attached hydrogen (secondary N) is 1. The summed E-state index contributed by atoms with van der Waals surface area (Å²) in [4.78, 5) is 26.8. The van der Waals surface area contributed by atoms with Crippen LogP contribution < -0.4 is 5.32 Å². The number of hydrogen-bond acceptors (Lipinski definition) is 2. The van der Waals surface area contributed by atoms with Crippen LogP contribution in [0.25, 0.3) is 0 Å². The zero-order chi connectivity index (χ0) is 16.3. The van der Waals surface area contributed by atoms with E-state index in [2.05, 4.69) is 5.32 Å². The van der Waals surface area contributed by atoms with Crippen molar-refractivity contribution in [3.63, 3.8) is 0 Å². The predicted octanol–water partition coefficient (Wildman–Crippen LogP) is 3.09. The molecule has 4 nitrogen and oxygen atoms in total. The predicted molar refractivity (Wildman–Crippen MR) is 88.8 cm³/mol. The van der Waals surface area contributed by atoms with Gasteiger partial charge in [0.05, 0.1) is 0 Å². The SMILES string of the molecule is CCCN1C(=O)N[C@](Cc2ccccc2)(c2ccccc2)C1=O. The summed E-state index contributed by atoms with van der Waals surface area (Å²) < 4.78 is 0. The van der Waals surface area contributed by atoms with Crippen LogP contribution in [0.1, 0.15) is 24.5 Å². The largest absolute Gasteiger partial charge is 0.325 e. The molecule has 1 aliphatic rings. The van der Waals surface area contributed by atoms with Crippen LogP contribution in [0.5, 0.6) is 0 Å². The van der Waals surface area contributed by atoms with E-state index in [1.807, 2.05) is 67.6 Å². The van der Waals surface area contributed by atoms with Gasteiger partial charge in [-0.3, -0.25) is 9.69 Å². The van der Waals surface area contributed by atoms with Gasteiger partial charge in [-0.2, -0.15) is 0 Å². The van der Waals surface area contributed by atoms with Crippen molar-refractivity contribution < 1.29 is 9.59 Å². The van der Waals surface area contributed by atoms with Gasteiger partial charge in [0.1, 0.15) is 0 Å². The molecule has 0 spiro atoms. The van der Waals surface area contributed by atoms with E-state index in [0.29, 0.717) is 13.0 Å². The van der Waals surface area contributed by atoms with Gasteiger partial charge in [0.2, 0.25) is 0 Å². The Morgan fingerprint density at radius 3 is 2.17 bits per heavy atom. The summed E-state index contributed by atoms with van der Waals surface area (Å²) in [7, 11) is 0. The van der Waals surface area contributed by atoms with E-state index in [1.165, 1.54) is 4.90 Å². The molecule has 0 aromatic heterocycles. The number of rotatable bonds is 5. The van der Waals surface area contributed by atoms with Gasteiger partial charge in [0.25, 0.3) is 5.91 Å². The summed E-state index contributed by atoms with van der Waals surface area (Å²) in [5.41, 5.74) is 0.818. The molecular formula is C19H20N2O2. The van der Waals surface area contributed by atoms with Crippen molar-refractivity contribution >= 4 is 11.9 Å². The first-order valence-electron chi connectivity index (χ1n) is 7.91. The van der Waals surface area contributed by atoms with Gasteiger partial charge in [-0.05, 0) is 17.5 Å². The third-order valence-electron chi connectivity index (χ3n) is 4.20. The molecule has 3 amide bonds. The van der Waals surface area contributed by atoms with Crippen molar-refractivity contribution in [2.24, 2.45) is 0 Å². The topological polar surface area (TPSA) is 49.4 Å². The Kier molecular flexibility index (Phi) is 4.15. The van der Waals surface area contributed by atoms with Crippen molar-refractivity contribution in [3.8, 4) is 0 Å². The number of hydrogen-bond donors (Lipinski definition) is 1. The Morgan fingerprint density at radius 1 is 0.957 bits per heavy atom. The van der Waals surface area contributed by atoms with Crippen molar-refractivity contribution in [2.45, 2.75) is 25.3 Å². The van der Waals surface area contributed by atoms with Gasteiger partial charge in [-0.15, -0.1) is 0 Å². The zero-order valence-corrected chi connectivity index (χ0v) is 13.2. The van der Waals surface area contributed by atoms with Gasteiger partial charge in [0.15, 0.2) is 5.54 Å². The fraction of sp³-hybridized carbons (Fsp3) is 0.263. The van der Waals surface area contributed by atoms with Crippen LogP contribution in [0.2, 0.25) is 0 Å². The highest BCUT2D eigenvalue weighted by Gasteiger charge is 2.51. The average molecular weight is 308 g/mol. The Labute approximate surface area is 136 Å². The fourth-order valence-electron chi connectivity index (χ4n) is 3.10. The van der Waals surface area contributed by atoms with Gasteiger partial charge in [0, 0.05) is 13.0 Å². The van der Waals surface area contributed by atoms with Gasteiger partial charge in [-0.1, -0.05) is 67.6 Å². The molecule has 23 heavy (non-hydrogen) atoms. The standard InChI is InChI=1S/C19H20N2O2/c1-2-13-21-17(22)19(20-18(21)23,16-11-7-4-8-12-16)14-15-9-5-3-6-10-15/h3-12H,2,13-14H2,1H3,(H,20,23)/t19-/m1/s1. The molecule has 1 saturated heterocycles. The number of imide groups is 1. The molecule has 0 bridgehead atoms. The van der Waals surface area contributed by atoms with E-state index in [4.69, 9.17) is 0 Å². The summed E-state index contributed by atoms with van der Waals surface area (Å²) >= 11 is 0. The fourth-order valence-corrected chi connectivity index (χ4v) is 3.10. The van der Waals surface area contributed by atoms with Crippen LogP contribution in [-0.2, 0) is 16.8 Å². The van der Waals surface area contributed by atoms with Crippen molar-refractivity contribution in [1.29, 1.82) is 0 Å². The molecule has 1 fully saturated rings. The molecule has 2 aromatic rings. The van der Waals surface area contributed by atoms with Crippen molar-refractivity contribution in [2.75, 3.05) is 6.54 Å². The second kappa shape index (κ2) is 6.24. The molecule has 118 valence electrons. The Balaban J connectivity index is 2.05. The summed E-state index contributed by atoms with van der Waals surface area (Å²) in [6.45, 7) is 2.40. The Morgan fingerprint density at radius 2 is 1.57 bits per heavy atom. The molecule has 2 aromatic carbocycles. The molecule has 3 rings (SSSR count). The number of amides is 3. The monoisotopic (exact) mass is 308 g/mol. The van der Waals surface area contributed by atoms with Gasteiger partial charge in [-0.25, -0.2) is 4.79 Å². The maximum Gasteiger partial charge on any atom is 0.325 e. The van der Waals surface area contributed by atoms with Crippen LogP contribution in [-0.4, -0.2) is 23.4 Å². The van der Waals surface area contributed by atoms with E-state index in [1.54, 1.807) is 0 Å². The van der Waals surface area contributed by atoms with Crippen LogP contribution in [0.4, 0.5) is 4.79 Å². The maximum absolute atomic E-state index is 13.1. The lowest BCUT2D eigenvalue weighted by Crippen LogP contribution is -2.46. The van der Waals surface area contributed by atoms with Gasteiger partial charge < -0.3 is 5.32 Å². The minimum atomic E-state index is -1.02. The minimum Gasteiger partial charge on any atom is -0.319 e. The molecule has 4 heteroatoms. The second-order valence-electron chi connectivity index (χ2n) is 5.82. The lowest BCUT2D eigenvalue weighted by atomic mass is 9.83. The van der Waals surface area contributed by atoms with E-state index < -0.39 is 5.54 Å². The Bertz CT molecular complexity index is 700. The zero-order valence-electron chi connectivity index (χ0n) is 13.2. The number of nitrogens with zero attached hydrogens (tertiary/aromatic N) is 1. The summed E-state index contributed by atoms with van der Waals surface area (Å²) in [6.07, 6.45) is 1.19. The third-order valence-corrected chi connectivity index (χ3v) is 4.20. The maximum atomic E-state index is 13.1. The quantitative estimate of drug-likeness (QED) is 0.863. The molecule has 1 N–H and O–H groups in total. The molecule has 1 atom stereocenters. The van der Waals surface area contributed by atoms with Gasteiger partial charge >= 0.3 is 6.03 Å². The Hall–Kier alpha value is -2.62. The molecule has 1 heterocycles. The van der Waals surface area contributed by atoms with E-state index in [0.717, 1.165) is 17.5 Å². The van der Waals surface area contributed by atoms with Crippen LogP contribution >= 0.6 is 0 Å². The van der Waals surface area contributed by atoms with Crippen LogP contribution in [0, 0.1) is 0 Å². The summed E-state index contributed by atoms with van der Waals surface area (Å²) in [5.74, 6) is -0.167. The summed E-state index contributed by atoms with van der Waals surface area (Å²) in [6, 6.07) is 19.0. The first-order valence-corrected chi connectivity index (χ1v) is 7.91. The lowest BCUT2D eigenvalue weighted by Gasteiger charge is -2.27. The number of carbonyl (C=O) groups is 2. The summed E-state index contributed by atoms with van der Waals surface area (Å²) in [5, 5.41) is 2.95. The van der Waals surface area contributed by atoms with Crippen molar-refractivity contribution in [1.82, 2.24) is 10.2 Å². The molecule has 0 radical (unpaired) electrons. The van der Waals surface area contributed by atoms with Crippen LogP contribution in [0.3, 0.4) is 0 Å². The number of carbonyl (C=O) groups excluding carboxylic acids is 2. The first kappa shape index (κ1) is 15.3. The third kappa shape index (κ3) is 2.72. The smallest absolute Gasteiger partial charge is 0.319 e. The minimum absolute atomic E-state index is 0.167. The van der Waals surface area contributed by atoms with Crippen LogP contribution in [0.15, 0.2) is 60.7 Å². The molecule has 1 aliphatic heterocycles. The molecule has 0 aliphatic carbocycles. The second-order valence-corrected chi connectivity index (χ2v) is 5.82. The number of urea groups is 1. The molecule has 0 saturated carbocycles. The lowest BCUT2D eigenvalue weighted by molar-refractivity contribution is -0.131. The number of benzene rings is 2. The highest BCUT2D eigenvalue weighted by Crippen LogP contribution is 2.32. The van der Waals surface area contributed by atoms with E-state index in [-0.39, 0.29) is 11.9 Å². The highest BCUT2D eigenvalue weighted by molar-refractivity contribution is 6.07. The van der Waals surface area contributed by atoms with Crippen molar-refractivity contribution in [3.05, 3.63) is 71.8 Å². The molecule has 0 unspecified atom stereocenters. The first-order chi connectivity index (χ1) is 11.2. The highest BCUT2D eigenvalue weighted by atomic mass is 16.2. The van der Waals surface area contributed by atoms with E-state index >= 15 is 0 Å². The van der Waals surface area contributed by atoms with E-state index in [9.17, 15) is 9.59 Å². The molecular weight excluding hydrogens is 288 g/mol. The average Bonchev–Trinajstić information content (AvgIpc) is 2.82. The normalized spacial score (nSPS) is 20.7.